The molecule has 0 bridgehead atoms. The van der Waals surface area contributed by atoms with Crippen molar-refractivity contribution in [3.8, 4) is 10.6 Å². The highest BCUT2D eigenvalue weighted by molar-refractivity contribution is 7.13. The third kappa shape index (κ3) is 4.72. The van der Waals surface area contributed by atoms with E-state index in [0.29, 0.717) is 22.9 Å². The molecule has 0 aliphatic rings. The molecule has 0 aliphatic carbocycles. The molecule has 0 unspecified atom stereocenters. The fourth-order valence-electron chi connectivity index (χ4n) is 2.44. The van der Waals surface area contributed by atoms with Gasteiger partial charge in [0.25, 0.3) is 5.91 Å². The van der Waals surface area contributed by atoms with Crippen molar-refractivity contribution >= 4 is 40.4 Å². The Morgan fingerprint density at radius 3 is 2.56 bits per heavy atom. The topological polar surface area (TPSA) is 62.3 Å². The van der Waals surface area contributed by atoms with Gasteiger partial charge in [-0.3, -0.25) is 9.59 Å². The predicted molar refractivity (Wildman–Crippen MR) is 109 cm³/mol. The molecule has 7 heteroatoms. The molecule has 0 atom stereocenters. The number of nitrogens with one attached hydrogen (secondary N) is 1. The molecular weight excluding hydrogens is 382 g/mol. The Balaban J connectivity index is 1.76. The monoisotopic (exact) mass is 399 g/mol. The van der Waals surface area contributed by atoms with Gasteiger partial charge in [0, 0.05) is 42.2 Å². The second-order valence-electron chi connectivity index (χ2n) is 6.03. The van der Waals surface area contributed by atoms with Gasteiger partial charge in [0.2, 0.25) is 5.91 Å². The zero-order chi connectivity index (χ0) is 19.4. The second kappa shape index (κ2) is 8.33. The largest absolute Gasteiger partial charge is 0.342 e. The van der Waals surface area contributed by atoms with E-state index in [1.165, 1.54) is 18.3 Å². The van der Waals surface area contributed by atoms with Gasteiger partial charge in [-0.15, -0.1) is 11.3 Å². The molecule has 0 saturated heterocycles. The maximum atomic E-state index is 12.6. The van der Waals surface area contributed by atoms with E-state index in [2.05, 4.69) is 10.3 Å². The molecule has 138 valence electrons. The van der Waals surface area contributed by atoms with Gasteiger partial charge in [-0.05, 0) is 23.8 Å². The zero-order valence-corrected chi connectivity index (χ0v) is 16.5. The lowest BCUT2D eigenvalue weighted by molar-refractivity contribution is -0.128. The Bertz CT molecular complexity index is 969. The molecule has 0 spiro atoms. The highest BCUT2D eigenvalue weighted by Crippen LogP contribution is 2.26. The standard InChI is InChI=1S/C20H18ClN3O2S/c1-13(25)24(2)11-15-5-3-4-6-17(15)22-19(26)18-12-27-20(23-18)14-7-9-16(21)10-8-14/h3-10,12H,11H2,1-2H3,(H,22,26). The first-order valence-corrected chi connectivity index (χ1v) is 9.52. The van der Waals surface area contributed by atoms with Gasteiger partial charge in [0.05, 0.1) is 0 Å². The van der Waals surface area contributed by atoms with Gasteiger partial charge in [0.15, 0.2) is 0 Å². The van der Waals surface area contributed by atoms with Crippen LogP contribution >= 0.6 is 22.9 Å². The van der Waals surface area contributed by atoms with Crippen molar-refractivity contribution in [2.75, 3.05) is 12.4 Å². The molecule has 1 aromatic heterocycles. The molecule has 2 amide bonds. The average molecular weight is 400 g/mol. The lowest BCUT2D eigenvalue weighted by Crippen LogP contribution is -2.24. The highest BCUT2D eigenvalue weighted by Gasteiger charge is 2.15. The molecule has 3 aromatic rings. The second-order valence-corrected chi connectivity index (χ2v) is 7.33. The first-order chi connectivity index (χ1) is 12.9. The summed E-state index contributed by atoms with van der Waals surface area (Å²) in [5.74, 6) is -0.326. The van der Waals surface area contributed by atoms with Gasteiger partial charge in [-0.25, -0.2) is 4.98 Å². The fraction of sp³-hybridized carbons (Fsp3) is 0.150. The van der Waals surface area contributed by atoms with Crippen molar-refractivity contribution < 1.29 is 9.59 Å². The molecule has 0 saturated carbocycles. The summed E-state index contributed by atoms with van der Waals surface area (Å²) < 4.78 is 0. The normalized spacial score (nSPS) is 10.5. The van der Waals surface area contributed by atoms with Gasteiger partial charge in [0.1, 0.15) is 10.7 Å². The Morgan fingerprint density at radius 2 is 1.85 bits per heavy atom. The van der Waals surface area contributed by atoms with Gasteiger partial charge >= 0.3 is 0 Å². The molecule has 2 aromatic carbocycles. The smallest absolute Gasteiger partial charge is 0.275 e. The van der Waals surface area contributed by atoms with Crippen LogP contribution in [0.25, 0.3) is 10.6 Å². The summed E-state index contributed by atoms with van der Waals surface area (Å²) in [6.45, 7) is 1.92. The van der Waals surface area contributed by atoms with E-state index in [1.807, 2.05) is 36.4 Å². The van der Waals surface area contributed by atoms with Crippen molar-refractivity contribution in [1.29, 1.82) is 0 Å². The fourth-order valence-corrected chi connectivity index (χ4v) is 3.37. The van der Waals surface area contributed by atoms with Gasteiger partial charge in [-0.2, -0.15) is 0 Å². The number of hydrogen-bond acceptors (Lipinski definition) is 4. The summed E-state index contributed by atoms with van der Waals surface area (Å²) in [6.07, 6.45) is 0. The number of thiazole rings is 1. The lowest BCUT2D eigenvalue weighted by atomic mass is 10.1. The van der Waals surface area contributed by atoms with Crippen molar-refractivity contribution in [1.82, 2.24) is 9.88 Å². The molecular formula is C20H18ClN3O2S. The van der Waals surface area contributed by atoms with Crippen LogP contribution in [0, 0.1) is 0 Å². The van der Waals surface area contributed by atoms with Crippen molar-refractivity contribution in [2.24, 2.45) is 0 Å². The number of para-hydroxylation sites is 1. The van der Waals surface area contributed by atoms with Crippen LogP contribution in [0.1, 0.15) is 23.0 Å². The van der Waals surface area contributed by atoms with Crippen LogP contribution in [-0.2, 0) is 11.3 Å². The van der Waals surface area contributed by atoms with E-state index in [4.69, 9.17) is 11.6 Å². The van der Waals surface area contributed by atoms with E-state index < -0.39 is 0 Å². The number of hydrogen-bond donors (Lipinski definition) is 1. The number of carbonyl (C=O) groups is 2. The Labute approximate surface area is 166 Å². The summed E-state index contributed by atoms with van der Waals surface area (Å²) in [4.78, 5) is 30.1. The maximum Gasteiger partial charge on any atom is 0.275 e. The van der Waals surface area contributed by atoms with E-state index in [-0.39, 0.29) is 11.8 Å². The van der Waals surface area contributed by atoms with Crippen LogP contribution in [0.5, 0.6) is 0 Å². The van der Waals surface area contributed by atoms with E-state index in [9.17, 15) is 9.59 Å². The highest BCUT2D eigenvalue weighted by atomic mass is 35.5. The Morgan fingerprint density at radius 1 is 1.15 bits per heavy atom. The summed E-state index contributed by atoms with van der Waals surface area (Å²) in [7, 11) is 1.72. The number of anilines is 1. The minimum atomic E-state index is -0.288. The third-order valence-electron chi connectivity index (χ3n) is 4.04. The summed E-state index contributed by atoms with van der Waals surface area (Å²) in [6, 6.07) is 14.7. The number of amides is 2. The minimum Gasteiger partial charge on any atom is -0.342 e. The van der Waals surface area contributed by atoms with E-state index in [1.54, 1.807) is 29.5 Å². The number of carbonyl (C=O) groups excluding carboxylic acids is 2. The quantitative estimate of drug-likeness (QED) is 0.676. The zero-order valence-electron chi connectivity index (χ0n) is 14.9. The van der Waals surface area contributed by atoms with Crippen LogP contribution in [-0.4, -0.2) is 28.7 Å². The SMILES string of the molecule is CC(=O)N(C)Cc1ccccc1NC(=O)c1csc(-c2ccc(Cl)cc2)n1. The van der Waals surface area contributed by atoms with Crippen LogP contribution < -0.4 is 5.32 Å². The maximum absolute atomic E-state index is 12.6. The molecule has 0 radical (unpaired) electrons. The molecule has 0 aliphatic heterocycles. The predicted octanol–water partition coefficient (Wildman–Crippen LogP) is 4.69. The van der Waals surface area contributed by atoms with Crippen molar-refractivity contribution in [2.45, 2.75) is 13.5 Å². The van der Waals surface area contributed by atoms with Crippen molar-refractivity contribution in [3.05, 3.63) is 70.2 Å². The Hall–Kier alpha value is -2.70. The molecule has 27 heavy (non-hydrogen) atoms. The van der Waals surface area contributed by atoms with Crippen LogP contribution in [0.3, 0.4) is 0 Å². The summed E-state index contributed by atoms with van der Waals surface area (Å²) >= 11 is 7.31. The number of nitrogens with zero attached hydrogens (tertiary/aromatic N) is 2. The van der Waals surface area contributed by atoms with Gasteiger partial charge < -0.3 is 10.2 Å². The van der Waals surface area contributed by atoms with E-state index in [0.717, 1.165) is 16.1 Å². The lowest BCUT2D eigenvalue weighted by Gasteiger charge is -2.17. The molecule has 5 nitrogen and oxygen atoms in total. The molecule has 1 heterocycles. The Kier molecular flexibility index (Phi) is 5.88. The van der Waals surface area contributed by atoms with Crippen molar-refractivity contribution in [3.63, 3.8) is 0 Å². The average Bonchev–Trinajstić information content (AvgIpc) is 3.14. The summed E-state index contributed by atoms with van der Waals surface area (Å²) in [5, 5.41) is 6.02. The first-order valence-electron chi connectivity index (χ1n) is 8.26. The number of rotatable bonds is 5. The number of benzene rings is 2. The number of aromatic nitrogens is 1. The summed E-state index contributed by atoms with van der Waals surface area (Å²) in [5.41, 5.74) is 2.78. The molecule has 0 fully saturated rings. The van der Waals surface area contributed by atoms with E-state index >= 15 is 0 Å². The molecule has 1 N–H and O–H groups in total. The third-order valence-corrected chi connectivity index (χ3v) is 5.18. The van der Waals surface area contributed by atoms with Crippen LogP contribution in [0.4, 0.5) is 5.69 Å². The van der Waals surface area contributed by atoms with Crippen LogP contribution in [0.15, 0.2) is 53.9 Å². The van der Waals surface area contributed by atoms with Crippen LogP contribution in [0.2, 0.25) is 5.02 Å². The molecule has 3 rings (SSSR count). The minimum absolute atomic E-state index is 0.0387. The number of halogens is 1. The first kappa shape index (κ1) is 19.1. The van der Waals surface area contributed by atoms with Gasteiger partial charge in [-0.1, -0.05) is 41.9 Å².